The molecule has 0 fully saturated rings. The first-order chi connectivity index (χ1) is 8.88. The first-order valence-corrected chi connectivity index (χ1v) is 6.44. The Morgan fingerprint density at radius 2 is 2.05 bits per heavy atom. The molecule has 1 rings (SSSR count). The molecule has 0 bridgehead atoms. The molecular weight excluding hydrogens is 244 g/mol. The van der Waals surface area contributed by atoms with Crippen LogP contribution in [0.5, 0.6) is 0 Å². The summed E-state index contributed by atoms with van der Waals surface area (Å²) in [6.45, 7) is 5.77. The van der Waals surface area contributed by atoms with Gasteiger partial charge in [-0.3, -0.25) is 14.3 Å². The third kappa shape index (κ3) is 3.56. The van der Waals surface area contributed by atoms with Gasteiger partial charge in [0.15, 0.2) is 0 Å². The Morgan fingerprint density at radius 3 is 2.53 bits per heavy atom. The van der Waals surface area contributed by atoms with Gasteiger partial charge in [0.05, 0.1) is 0 Å². The van der Waals surface area contributed by atoms with Gasteiger partial charge < -0.3 is 10.2 Å². The van der Waals surface area contributed by atoms with Crippen molar-refractivity contribution in [3.8, 4) is 0 Å². The summed E-state index contributed by atoms with van der Waals surface area (Å²) >= 11 is 0. The molecule has 1 atom stereocenters. The minimum absolute atomic E-state index is 0.0976. The zero-order valence-corrected chi connectivity index (χ0v) is 12.2. The highest BCUT2D eigenvalue weighted by Gasteiger charge is 2.23. The predicted octanol–water partition coefficient (Wildman–Crippen LogP) is 1.06. The molecule has 0 radical (unpaired) electrons. The Hall–Kier alpha value is -1.85. The van der Waals surface area contributed by atoms with E-state index in [0.717, 1.165) is 0 Å². The molecule has 1 heterocycles. The van der Waals surface area contributed by atoms with Crippen molar-refractivity contribution in [3.63, 3.8) is 0 Å². The summed E-state index contributed by atoms with van der Waals surface area (Å²) in [5, 5.41) is 6.86. The van der Waals surface area contributed by atoms with Crippen LogP contribution in [0.25, 0.3) is 0 Å². The highest BCUT2D eigenvalue weighted by atomic mass is 16.2. The predicted molar refractivity (Wildman–Crippen MR) is 72.9 cm³/mol. The van der Waals surface area contributed by atoms with Crippen LogP contribution >= 0.6 is 0 Å². The monoisotopic (exact) mass is 266 g/mol. The van der Waals surface area contributed by atoms with Crippen LogP contribution < -0.4 is 5.32 Å². The van der Waals surface area contributed by atoms with Crippen molar-refractivity contribution in [2.75, 3.05) is 14.1 Å². The quantitative estimate of drug-likeness (QED) is 0.866. The summed E-state index contributed by atoms with van der Waals surface area (Å²) < 4.78 is 1.64. The zero-order valence-electron chi connectivity index (χ0n) is 12.2. The molecule has 106 valence electrons. The molecule has 1 aromatic rings. The number of rotatable bonds is 5. The largest absolute Gasteiger partial charge is 0.347 e. The van der Waals surface area contributed by atoms with Crippen LogP contribution in [0.1, 0.15) is 43.7 Å². The van der Waals surface area contributed by atoms with Crippen molar-refractivity contribution in [2.24, 2.45) is 0 Å². The lowest BCUT2D eigenvalue weighted by Crippen LogP contribution is -2.46. The number of likely N-dealkylation sites (N-methyl/N-ethyl adjacent to an activating group) is 1. The number of amides is 2. The smallest absolute Gasteiger partial charge is 0.270 e. The second-order valence-corrected chi connectivity index (χ2v) is 4.92. The van der Waals surface area contributed by atoms with Crippen molar-refractivity contribution in [1.82, 2.24) is 20.0 Å². The van der Waals surface area contributed by atoms with Gasteiger partial charge in [0, 0.05) is 26.3 Å². The molecule has 2 amide bonds. The molecule has 6 nitrogen and oxygen atoms in total. The number of nitrogens with one attached hydrogen (secondary N) is 1. The summed E-state index contributed by atoms with van der Waals surface area (Å²) in [5.74, 6) is -0.375. The third-order valence-electron chi connectivity index (χ3n) is 2.84. The number of carbonyl (C=O) groups is 2. The van der Waals surface area contributed by atoms with Crippen molar-refractivity contribution in [1.29, 1.82) is 0 Å². The summed E-state index contributed by atoms with van der Waals surface area (Å²) in [7, 11) is 3.35. The van der Waals surface area contributed by atoms with E-state index < -0.39 is 6.04 Å². The molecule has 1 aromatic heterocycles. The highest BCUT2D eigenvalue weighted by Crippen LogP contribution is 2.08. The van der Waals surface area contributed by atoms with E-state index in [1.54, 1.807) is 31.0 Å². The molecule has 0 aliphatic heterocycles. The topological polar surface area (TPSA) is 67.2 Å². The van der Waals surface area contributed by atoms with Gasteiger partial charge in [-0.1, -0.05) is 6.92 Å². The molecule has 0 saturated heterocycles. The van der Waals surface area contributed by atoms with Crippen molar-refractivity contribution in [3.05, 3.63) is 18.0 Å². The Balaban J connectivity index is 2.83. The molecule has 1 N–H and O–H groups in total. The van der Waals surface area contributed by atoms with Gasteiger partial charge in [0.25, 0.3) is 5.91 Å². The van der Waals surface area contributed by atoms with Crippen LogP contribution in [-0.2, 0) is 4.79 Å². The molecule has 19 heavy (non-hydrogen) atoms. The number of hydrogen-bond donors (Lipinski definition) is 1. The van der Waals surface area contributed by atoms with Gasteiger partial charge in [-0.2, -0.15) is 5.10 Å². The number of hydrogen-bond acceptors (Lipinski definition) is 3. The zero-order chi connectivity index (χ0) is 14.6. The van der Waals surface area contributed by atoms with E-state index in [-0.39, 0.29) is 17.9 Å². The number of carbonyl (C=O) groups excluding carboxylic acids is 2. The highest BCUT2D eigenvalue weighted by molar-refractivity contribution is 5.96. The van der Waals surface area contributed by atoms with Crippen LogP contribution in [0.2, 0.25) is 0 Å². The van der Waals surface area contributed by atoms with Gasteiger partial charge in [0.2, 0.25) is 5.91 Å². The SMILES string of the molecule is CCC(NC(=O)c1ccnn1C(C)C)C(=O)N(C)C. The van der Waals surface area contributed by atoms with Crippen LogP contribution in [0.15, 0.2) is 12.3 Å². The van der Waals surface area contributed by atoms with E-state index in [9.17, 15) is 9.59 Å². The lowest BCUT2D eigenvalue weighted by atomic mass is 10.2. The maximum Gasteiger partial charge on any atom is 0.270 e. The summed E-state index contributed by atoms with van der Waals surface area (Å²) in [5.41, 5.74) is 0.472. The van der Waals surface area contributed by atoms with Crippen molar-refractivity contribution in [2.45, 2.75) is 39.3 Å². The first-order valence-electron chi connectivity index (χ1n) is 6.44. The average Bonchev–Trinajstić information content (AvgIpc) is 2.83. The fourth-order valence-electron chi connectivity index (χ4n) is 1.79. The minimum Gasteiger partial charge on any atom is -0.347 e. The number of aromatic nitrogens is 2. The van der Waals surface area contributed by atoms with Gasteiger partial charge in [0.1, 0.15) is 11.7 Å². The van der Waals surface area contributed by atoms with E-state index >= 15 is 0 Å². The molecule has 0 spiro atoms. The first kappa shape index (κ1) is 15.2. The molecular formula is C13H22N4O2. The van der Waals surface area contributed by atoms with Crippen LogP contribution in [-0.4, -0.2) is 46.6 Å². The van der Waals surface area contributed by atoms with Crippen LogP contribution in [0.3, 0.4) is 0 Å². The van der Waals surface area contributed by atoms with Gasteiger partial charge in [-0.15, -0.1) is 0 Å². The normalized spacial score (nSPS) is 12.3. The second kappa shape index (κ2) is 6.36. The lowest BCUT2D eigenvalue weighted by molar-refractivity contribution is -0.130. The van der Waals surface area contributed by atoms with E-state index in [2.05, 4.69) is 10.4 Å². The fraction of sp³-hybridized carbons (Fsp3) is 0.615. The maximum atomic E-state index is 12.2. The molecule has 0 aliphatic carbocycles. The Labute approximate surface area is 113 Å². The average molecular weight is 266 g/mol. The molecule has 1 unspecified atom stereocenters. The van der Waals surface area contributed by atoms with Crippen molar-refractivity contribution >= 4 is 11.8 Å². The van der Waals surface area contributed by atoms with E-state index in [4.69, 9.17) is 0 Å². The lowest BCUT2D eigenvalue weighted by Gasteiger charge is -2.21. The van der Waals surface area contributed by atoms with E-state index in [0.29, 0.717) is 12.1 Å². The number of nitrogens with zero attached hydrogens (tertiary/aromatic N) is 3. The Bertz CT molecular complexity index is 451. The summed E-state index contributed by atoms with van der Waals surface area (Å²) in [4.78, 5) is 25.6. The van der Waals surface area contributed by atoms with Gasteiger partial charge in [-0.25, -0.2) is 0 Å². The molecule has 0 aliphatic rings. The van der Waals surface area contributed by atoms with Crippen molar-refractivity contribution < 1.29 is 9.59 Å². The molecule has 6 heteroatoms. The molecule has 0 saturated carbocycles. The van der Waals surface area contributed by atoms with E-state index in [1.807, 2.05) is 20.8 Å². The standard InChI is InChI=1S/C13H22N4O2/c1-6-10(13(19)16(4)5)15-12(18)11-7-8-14-17(11)9(2)3/h7-10H,6H2,1-5H3,(H,15,18). The summed E-state index contributed by atoms with van der Waals surface area (Å²) in [6, 6.07) is 1.25. The van der Waals surface area contributed by atoms with Crippen LogP contribution in [0.4, 0.5) is 0 Å². The fourth-order valence-corrected chi connectivity index (χ4v) is 1.79. The summed E-state index contributed by atoms with van der Waals surface area (Å²) in [6.07, 6.45) is 2.14. The van der Waals surface area contributed by atoms with Crippen LogP contribution in [0, 0.1) is 0 Å². The Morgan fingerprint density at radius 1 is 1.42 bits per heavy atom. The van der Waals surface area contributed by atoms with E-state index in [1.165, 1.54) is 4.90 Å². The molecule has 0 aromatic carbocycles. The third-order valence-corrected chi connectivity index (χ3v) is 2.84. The maximum absolute atomic E-state index is 12.2. The van der Waals surface area contributed by atoms with Gasteiger partial charge in [-0.05, 0) is 26.3 Å². The minimum atomic E-state index is -0.502. The van der Waals surface area contributed by atoms with Gasteiger partial charge >= 0.3 is 0 Å². The second-order valence-electron chi connectivity index (χ2n) is 4.92. The Kier molecular flexibility index (Phi) is 5.09.